The van der Waals surface area contributed by atoms with Gasteiger partial charge in [0.15, 0.2) is 0 Å². The van der Waals surface area contributed by atoms with Crippen molar-refractivity contribution < 1.29 is 9.53 Å². The lowest BCUT2D eigenvalue weighted by Gasteiger charge is -2.11. The van der Waals surface area contributed by atoms with Gasteiger partial charge in [-0.1, -0.05) is 36.9 Å². The van der Waals surface area contributed by atoms with Crippen LogP contribution in [0.25, 0.3) is 0 Å². The number of rotatable bonds is 7. The monoisotopic (exact) mass is 347 g/mol. The van der Waals surface area contributed by atoms with E-state index in [4.69, 9.17) is 4.74 Å². The molecule has 1 atom stereocenters. The number of hydrogen-bond donors (Lipinski definition) is 1. The topological polar surface area (TPSA) is 81.9 Å². The van der Waals surface area contributed by atoms with Crippen molar-refractivity contribution in [3.05, 3.63) is 29.8 Å². The highest BCUT2D eigenvalue weighted by molar-refractivity contribution is 7.99. The van der Waals surface area contributed by atoms with Gasteiger partial charge >= 0.3 is 0 Å². The van der Waals surface area contributed by atoms with Crippen LogP contribution >= 0.6 is 11.8 Å². The van der Waals surface area contributed by atoms with E-state index in [1.54, 1.807) is 4.68 Å². The van der Waals surface area contributed by atoms with Crippen LogP contribution in [0.1, 0.15) is 25.3 Å². The van der Waals surface area contributed by atoms with E-state index in [9.17, 15) is 4.79 Å². The molecule has 0 aliphatic carbocycles. The lowest BCUT2D eigenvalue weighted by Crippen LogP contribution is -2.18. The molecule has 7 nitrogen and oxygen atoms in total. The second-order valence-electron chi connectivity index (χ2n) is 5.63. The van der Waals surface area contributed by atoms with E-state index in [0.29, 0.717) is 11.7 Å². The first kappa shape index (κ1) is 16.9. The van der Waals surface area contributed by atoms with Crippen molar-refractivity contribution in [3.63, 3.8) is 0 Å². The number of carbonyl (C=O) groups excluding carboxylic acids is 1. The smallest absolute Gasteiger partial charge is 0.234 e. The third-order valence-electron chi connectivity index (χ3n) is 3.90. The van der Waals surface area contributed by atoms with Gasteiger partial charge in [-0.05, 0) is 41.3 Å². The van der Waals surface area contributed by atoms with Crippen LogP contribution in [0.2, 0.25) is 0 Å². The molecule has 0 radical (unpaired) electrons. The van der Waals surface area contributed by atoms with Crippen molar-refractivity contribution in [2.75, 3.05) is 17.7 Å². The van der Waals surface area contributed by atoms with Crippen LogP contribution in [-0.4, -0.2) is 44.6 Å². The SMILES string of the molecule is CCc1ccccc1NC(=O)CSc1nnnn1CC1CCCO1. The van der Waals surface area contributed by atoms with Crippen molar-refractivity contribution in [3.8, 4) is 0 Å². The first-order valence-corrected chi connectivity index (χ1v) is 9.13. The van der Waals surface area contributed by atoms with Crippen LogP contribution < -0.4 is 5.32 Å². The van der Waals surface area contributed by atoms with E-state index >= 15 is 0 Å². The number of carbonyl (C=O) groups is 1. The Labute approximate surface area is 145 Å². The molecule has 2 aromatic rings. The maximum absolute atomic E-state index is 12.2. The summed E-state index contributed by atoms with van der Waals surface area (Å²) in [5, 5.41) is 15.3. The van der Waals surface area contributed by atoms with Gasteiger partial charge in [0.25, 0.3) is 0 Å². The predicted molar refractivity (Wildman–Crippen MR) is 92.0 cm³/mol. The zero-order valence-electron chi connectivity index (χ0n) is 13.6. The summed E-state index contributed by atoms with van der Waals surface area (Å²) in [6.07, 6.45) is 3.15. The number of tetrazole rings is 1. The van der Waals surface area contributed by atoms with E-state index in [1.807, 2.05) is 24.3 Å². The molecule has 1 aromatic carbocycles. The third-order valence-corrected chi connectivity index (χ3v) is 4.86. The van der Waals surface area contributed by atoms with Gasteiger partial charge in [0.2, 0.25) is 11.1 Å². The van der Waals surface area contributed by atoms with Gasteiger partial charge in [-0.25, -0.2) is 4.68 Å². The van der Waals surface area contributed by atoms with Gasteiger partial charge in [0.1, 0.15) is 0 Å². The van der Waals surface area contributed by atoms with Crippen molar-refractivity contribution in [2.24, 2.45) is 0 Å². The van der Waals surface area contributed by atoms with Gasteiger partial charge in [0.05, 0.1) is 18.4 Å². The van der Waals surface area contributed by atoms with Gasteiger partial charge in [-0.3, -0.25) is 4.79 Å². The van der Waals surface area contributed by atoms with E-state index < -0.39 is 0 Å². The molecule has 1 unspecified atom stereocenters. The molecule has 1 aliphatic heterocycles. The van der Waals surface area contributed by atoms with E-state index in [0.717, 1.165) is 37.1 Å². The molecule has 1 aromatic heterocycles. The third kappa shape index (κ3) is 4.33. The van der Waals surface area contributed by atoms with Crippen LogP contribution in [0.5, 0.6) is 0 Å². The Bertz CT molecular complexity index is 685. The van der Waals surface area contributed by atoms with E-state index in [1.165, 1.54) is 11.8 Å². The number of nitrogens with one attached hydrogen (secondary N) is 1. The molecule has 1 aliphatic rings. The lowest BCUT2D eigenvalue weighted by molar-refractivity contribution is -0.113. The van der Waals surface area contributed by atoms with Crippen LogP contribution in [0.15, 0.2) is 29.4 Å². The van der Waals surface area contributed by atoms with Gasteiger partial charge < -0.3 is 10.1 Å². The summed E-state index contributed by atoms with van der Waals surface area (Å²) in [4.78, 5) is 12.2. The highest BCUT2D eigenvalue weighted by atomic mass is 32.2. The largest absolute Gasteiger partial charge is 0.376 e. The number of amides is 1. The molecular formula is C16H21N5O2S. The molecule has 1 N–H and O–H groups in total. The van der Waals surface area contributed by atoms with Crippen molar-refractivity contribution in [1.29, 1.82) is 0 Å². The zero-order valence-corrected chi connectivity index (χ0v) is 14.5. The first-order chi connectivity index (χ1) is 11.8. The van der Waals surface area contributed by atoms with Gasteiger partial charge in [-0.15, -0.1) is 5.10 Å². The van der Waals surface area contributed by atoms with Crippen molar-refractivity contribution in [2.45, 2.75) is 44.0 Å². The Morgan fingerprint density at radius 2 is 2.33 bits per heavy atom. The van der Waals surface area contributed by atoms with Gasteiger partial charge in [0, 0.05) is 12.3 Å². The van der Waals surface area contributed by atoms with Crippen molar-refractivity contribution in [1.82, 2.24) is 20.2 Å². The fourth-order valence-corrected chi connectivity index (χ4v) is 3.35. The Morgan fingerprint density at radius 3 is 3.12 bits per heavy atom. The fourth-order valence-electron chi connectivity index (χ4n) is 2.66. The molecule has 0 bridgehead atoms. The molecule has 2 heterocycles. The van der Waals surface area contributed by atoms with E-state index in [-0.39, 0.29) is 17.8 Å². The minimum absolute atomic E-state index is 0.0624. The minimum atomic E-state index is -0.0624. The number of thioether (sulfide) groups is 1. The summed E-state index contributed by atoms with van der Waals surface area (Å²) < 4.78 is 7.32. The van der Waals surface area contributed by atoms with Gasteiger partial charge in [-0.2, -0.15) is 0 Å². The molecule has 1 fully saturated rings. The summed E-state index contributed by atoms with van der Waals surface area (Å²) in [7, 11) is 0. The Morgan fingerprint density at radius 1 is 1.46 bits per heavy atom. The molecule has 1 amide bonds. The molecular weight excluding hydrogens is 326 g/mol. The zero-order chi connectivity index (χ0) is 16.8. The summed E-state index contributed by atoms with van der Waals surface area (Å²) in [6, 6.07) is 7.83. The maximum atomic E-state index is 12.2. The molecule has 24 heavy (non-hydrogen) atoms. The Kier molecular flexibility index (Phi) is 5.81. The maximum Gasteiger partial charge on any atom is 0.234 e. The molecule has 1 saturated heterocycles. The Balaban J connectivity index is 1.54. The summed E-state index contributed by atoms with van der Waals surface area (Å²) >= 11 is 1.34. The number of anilines is 1. The summed E-state index contributed by atoms with van der Waals surface area (Å²) in [5.41, 5.74) is 1.99. The number of nitrogens with zero attached hydrogens (tertiary/aromatic N) is 4. The van der Waals surface area contributed by atoms with Crippen LogP contribution in [0, 0.1) is 0 Å². The van der Waals surface area contributed by atoms with Crippen molar-refractivity contribution >= 4 is 23.4 Å². The molecule has 0 saturated carbocycles. The predicted octanol–water partition coefficient (Wildman–Crippen LogP) is 2.15. The first-order valence-electron chi connectivity index (χ1n) is 8.14. The lowest BCUT2D eigenvalue weighted by atomic mass is 10.1. The standard InChI is InChI=1S/C16H21N5O2S/c1-2-12-6-3-4-8-14(12)17-15(22)11-24-16-18-19-20-21(16)10-13-7-5-9-23-13/h3-4,6,8,13H,2,5,7,9-11H2,1H3,(H,17,22). The number of para-hydroxylation sites is 1. The number of aromatic nitrogens is 4. The highest BCUT2D eigenvalue weighted by Crippen LogP contribution is 2.20. The quantitative estimate of drug-likeness (QED) is 0.773. The molecule has 3 rings (SSSR count). The number of aryl methyl sites for hydroxylation is 1. The minimum Gasteiger partial charge on any atom is -0.376 e. The highest BCUT2D eigenvalue weighted by Gasteiger charge is 2.19. The Hall–Kier alpha value is -1.93. The summed E-state index contributed by atoms with van der Waals surface area (Å²) in [5.74, 6) is 0.205. The normalized spacial score (nSPS) is 17.1. The summed E-state index contributed by atoms with van der Waals surface area (Å²) in [6.45, 7) is 3.50. The van der Waals surface area contributed by atoms with Crippen LogP contribution in [0.4, 0.5) is 5.69 Å². The van der Waals surface area contributed by atoms with Crippen LogP contribution in [0.3, 0.4) is 0 Å². The average molecular weight is 347 g/mol. The van der Waals surface area contributed by atoms with Crippen LogP contribution in [-0.2, 0) is 22.5 Å². The fraction of sp³-hybridized carbons (Fsp3) is 0.500. The second-order valence-corrected chi connectivity index (χ2v) is 6.57. The van der Waals surface area contributed by atoms with E-state index in [2.05, 4.69) is 27.8 Å². The molecule has 128 valence electrons. The molecule has 0 spiro atoms. The number of benzene rings is 1. The number of ether oxygens (including phenoxy) is 1. The number of hydrogen-bond acceptors (Lipinski definition) is 6. The second kappa shape index (κ2) is 8.25. The average Bonchev–Trinajstić information content (AvgIpc) is 3.26. The molecule has 8 heteroatoms.